The molecule has 1 rings (SSSR count). The molecule has 2 nitrogen and oxygen atoms in total. The van der Waals surface area contributed by atoms with Crippen molar-refractivity contribution in [2.24, 2.45) is 11.8 Å². The van der Waals surface area contributed by atoms with Crippen molar-refractivity contribution in [3.05, 3.63) is 0 Å². The van der Waals surface area contributed by atoms with Gasteiger partial charge in [0, 0.05) is 25.1 Å². The first-order valence-corrected chi connectivity index (χ1v) is 7.14. The van der Waals surface area contributed by atoms with E-state index >= 15 is 0 Å². The molecule has 0 radical (unpaired) electrons. The van der Waals surface area contributed by atoms with Crippen molar-refractivity contribution >= 4 is 11.6 Å². The van der Waals surface area contributed by atoms with Gasteiger partial charge in [-0.2, -0.15) is 0 Å². The van der Waals surface area contributed by atoms with Crippen LogP contribution in [0.2, 0.25) is 0 Å². The van der Waals surface area contributed by atoms with Crippen molar-refractivity contribution in [3.63, 3.8) is 0 Å². The molecule has 1 fully saturated rings. The Labute approximate surface area is 105 Å². The summed E-state index contributed by atoms with van der Waals surface area (Å²) in [5.41, 5.74) is 0. The molecule has 0 aromatic rings. The number of nitrogens with one attached hydrogen (secondary N) is 1. The highest BCUT2D eigenvalue weighted by Gasteiger charge is 2.23. The quantitative estimate of drug-likeness (QED) is 0.552. The van der Waals surface area contributed by atoms with E-state index in [1.165, 1.54) is 25.7 Å². The molecule has 0 heterocycles. The van der Waals surface area contributed by atoms with Crippen LogP contribution in [-0.4, -0.2) is 31.7 Å². The Morgan fingerprint density at radius 2 is 2.06 bits per heavy atom. The van der Waals surface area contributed by atoms with Crippen molar-refractivity contribution in [2.45, 2.75) is 45.6 Å². The second-order valence-electron chi connectivity index (χ2n) is 5.23. The minimum atomic E-state index is 0.619. The average molecular weight is 248 g/mol. The van der Waals surface area contributed by atoms with Crippen LogP contribution >= 0.6 is 11.6 Å². The van der Waals surface area contributed by atoms with Crippen LogP contribution in [0.25, 0.3) is 0 Å². The summed E-state index contributed by atoms with van der Waals surface area (Å²) in [5.74, 6) is 2.09. The summed E-state index contributed by atoms with van der Waals surface area (Å²) in [5, 5.41) is 3.59. The summed E-state index contributed by atoms with van der Waals surface area (Å²) < 4.78 is 5.56. The van der Waals surface area contributed by atoms with Crippen LogP contribution in [0.4, 0.5) is 0 Å². The summed E-state index contributed by atoms with van der Waals surface area (Å²) in [6.45, 7) is 7.01. The van der Waals surface area contributed by atoms with Gasteiger partial charge in [0.15, 0.2) is 0 Å². The van der Waals surface area contributed by atoms with Crippen molar-refractivity contribution in [1.82, 2.24) is 5.32 Å². The van der Waals surface area contributed by atoms with Crippen LogP contribution in [0.15, 0.2) is 0 Å². The highest BCUT2D eigenvalue weighted by atomic mass is 35.5. The van der Waals surface area contributed by atoms with Crippen LogP contribution in [0.5, 0.6) is 0 Å². The lowest BCUT2D eigenvalue weighted by Gasteiger charge is -2.31. The monoisotopic (exact) mass is 247 g/mol. The SMILES string of the molecule is CC(C)COCCNC1CCCCC1CCl. The van der Waals surface area contributed by atoms with Gasteiger partial charge < -0.3 is 10.1 Å². The first kappa shape index (κ1) is 14.3. The van der Waals surface area contributed by atoms with Crippen LogP contribution in [0, 0.1) is 11.8 Å². The third-order valence-corrected chi connectivity index (χ3v) is 3.61. The molecular formula is C13H26ClNO. The molecule has 2 atom stereocenters. The van der Waals surface area contributed by atoms with Crippen LogP contribution in [0.3, 0.4) is 0 Å². The second-order valence-corrected chi connectivity index (χ2v) is 5.54. The Kier molecular flexibility index (Phi) is 7.42. The minimum Gasteiger partial charge on any atom is -0.380 e. The van der Waals surface area contributed by atoms with Crippen molar-refractivity contribution in [2.75, 3.05) is 25.6 Å². The molecule has 16 heavy (non-hydrogen) atoms. The third-order valence-electron chi connectivity index (χ3n) is 3.21. The van der Waals surface area contributed by atoms with E-state index in [9.17, 15) is 0 Å². The lowest BCUT2D eigenvalue weighted by molar-refractivity contribution is 0.107. The number of hydrogen-bond donors (Lipinski definition) is 1. The van der Waals surface area contributed by atoms with E-state index in [2.05, 4.69) is 19.2 Å². The van der Waals surface area contributed by atoms with Gasteiger partial charge in [0.25, 0.3) is 0 Å². The molecule has 2 unspecified atom stereocenters. The van der Waals surface area contributed by atoms with Crippen molar-refractivity contribution in [1.29, 1.82) is 0 Å². The summed E-state index contributed by atoms with van der Waals surface area (Å²) in [7, 11) is 0. The molecular weight excluding hydrogens is 222 g/mol. The number of hydrogen-bond acceptors (Lipinski definition) is 2. The summed E-state index contributed by atoms with van der Waals surface area (Å²) in [6, 6.07) is 0.619. The summed E-state index contributed by atoms with van der Waals surface area (Å²) in [6.07, 6.45) is 5.26. The fourth-order valence-corrected chi connectivity index (χ4v) is 2.67. The van der Waals surface area contributed by atoms with E-state index in [4.69, 9.17) is 16.3 Å². The Balaban J connectivity index is 2.06. The number of rotatable bonds is 7. The number of halogens is 1. The van der Waals surface area contributed by atoms with Crippen molar-refractivity contribution in [3.8, 4) is 0 Å². The molecule has 1 N–H and O–H groups in total. The normalized spacial score (nSPS) is 26.2. The van der Waals surface area contributed by atoms with Crippen LogP contribution in [0.1, 0.15) is 39.5 Å². The van der Waals surface area contributed by atoms with E-state index in [-0.39, 0.29) is 0 Å². The van der Waals surface area contributed by atoms with E-state index in [1.54, 1.807) is 0 Å². The van der Waals surface area contributed by atoms with Crippen LogP contribution < -0.4 is 5.32 Å². The zero-order valence-corrected chi connectivity index (χ0v) is 11.4. The Morgan fingerprint density at radius 3 is 2.75 bits per heavy atom. The maximum absolute atomic E-state index is 5.99. The maximum Gasteiger partial charge on any atom is 0.0591 e. The molecule has 0 bridgehead atoms. The molecule has 3 heteroatoms. The molecule has 0 aliphatic heterocycles. The summed E-state index contributed by atoms with van der Waals surface area (Å²) >= 11 is 5.99. The molecule has 0 saturated heterocycles. The number of alkyl halides is 1. The highest BCUT2D eigenvalue weighted by molar-refractivity contribution is 6.18. The zero-order valence-electron chi connectivity index (χ0n) is 10.7. The van der Waals surface area contributed by atoms with Gasteiger partial charge in [-0.25, -0.2) is 0 Å². The van der Waals surface area contributed by atoms with Gasteiger partial charge in [-0.3, -0.25) is 0 Å². The smallest absolute Gasteiger partial charge is 0.0591 e. The molecule has 0 aromatic carbocycles. The number of ether oxygens (including phenoxy) is 1. The van der Waals surface area contributed by atoms with Gasteiger partial charge >= 0.3 is 0 Å². The van der Waals surface area contributed by atoms with Crippen LogP contribution in [-0.2, 0) is 4.74 Å². The molecule has 0 spiro atoms. The van der Waals surface area contributed by atoms with Gasteiger partial charge in [0.05, 0.1) is 6.61 Å². The predicted octanol–water partition coefficient (Wildman–Crippen LogP) is 3.05. The van der Waals surface area contributed by atoms with E-state index in [1.807, 2.05) is 0 Å². The Morgan fingerprint density at radius 1 is 1.31 bits per heavy atom. The highest BCUT2D eigenvalue weighted by Crippen LogP contribution is 2.25. The van der Waals surface area contributed by atoms with Gasteiger partial charge in [-0.05, 0) is 24.7 Å². The summed E-state index contributed by atoms with van der Waals surface area (Å²) in [4.78, 5) is 0. The second kappa shape index (κ2) is 8.32. The van der Waals surface area contributed by atoms with E-state index < -0.39 is 0 Å². The third kappa shape index (κ3) is 5.51. The molecule has 1 aliphatic rings. The topological polar surface area (TPSA) is 21.3 Å². The first-order valence-electron chi connectivity index (χ1n) is 6.61. The lowest BCUT2D eigenvalue weighted by Crippen LogP contribution is -2.41. The van der Waals surface area contributed by atoms with E-state index in [0.29, 0.717) is 17.9 Å². The zero-order chi connectivity index (χ0) is 11.8. The largest absolute Gasteiger partial charge is 0.380 e. The first-order chi connectivity index (χ1) is 7.74. The minimum absolute atomic E-state index is 0.619. The average Bonchev–Trinajstić information content (AvgIpc) is 2.29. The lowest BCUT2D eigenvalue weighted by atomic mass is 9.86. The molecule has 0 aromatic heterocycles. The van der Waals surface area contributed by atoms with Gasteiger partial charge in [0.2, 0.25) is 0 Å². The Hall–Kier alpha value is 0.210. The molecule has 1 saturated carbocycles. The fraction of sp³-hybridized carbons (Fsp3) is 1.00. The molecule has 1 aliphatic carbocycles. The van der Waals surface area contributed by atoms with Gasteiger partial charge in [-0.15, -0.1) is 11.6 Å². The maximum atomic E-state index is 5.99. The molecule has 0 amide bonds. The Bertz CT molecular complexity index is 175. The fourth-order valence-electron chi connectivity index (χ4n) is 2.30. The van der Waals surface area contributed by atoms with E-state index in [0.717, 1.165) is 25.6 Å². The van der Waals surface area contributed by atoms with Gasteiger partial charge in [0.1, 0.15) is 0 Å². The van der Waals surface area contributed by atoms with Gasteiger partial charge in [-0.1, -0.05) is 26.7 Å². The van der Waals surface area contributed by atoms with Crippen molar-refractivity contribution < 1.29 is 4.74 Å². The molecule has 96 valence electrons. The standard InChI is InChI=1S/C13H26ClNO/c1-11(2)10-16-8-7-15-13-6-4-3-5-12(13)9-14/h11-13,15H,3-10H2,1-2H3. The predicted molar refractivity (Wildman–Crippen MR) is 70.1 cm³/mol.